The number of fused-ring (bicyclic) bond motifs is 1. The summed E-state index contributed by atoms with van der Waals surface area (Å²) in [6.45, 7) is 4.62. The van der Waals surface area contributed by atoms with E-state index in [-0.39, 0.29) is 5.91 Å². The molecule has 1 aliphatic carbocycles. The Balaban J connectivity index is 1.50. The van der Waals surface area contributed by atoms with Crippen molar-refractivity contribution in [2.24, 2.45) is 0 Å². The fourth-order valence-corrected chi connectivity index (χ4v) is 4.30. The minimum atomic E-state index is -0.163. The van der Waals surface area contributed by atoms with Crippen molar-refractivity contribution < 1.29 is 9.32 Å². The molecular formula is C23H22N4O2S. The monoisotopic (exact) mass is 418 g/mol. The number of hydrogen-bond donors (Lipinski definition) is 1. The van der Waals surface area contributed by atoms with Crippen molar-refractivity contribution in [2.45, 2.75) is 45.1 Å². The molecule has 1 N–H and O–H groups in total. The summed E-state index contributed by atoms with van der Waals surface area (Å²) < 4.78 is 5.55. The van der Waals surface area contributed by atoms with Crippen LogP contribution in [0.25, 0.3) is 22.4 Å². The minimum absolute atomic E-state index is 0.163. The predicted molar refractivity (Wildman–Crippen MR) is 117 cm³/mol. The predicted octanol–water partition coefficient (Wildman–Crippen LogP) is 5.28. The van der Waals surface area contributed by atoms with Crippen LogP contribution >= 0.6 is 11.3 Å². The minimum Gasteiger partial charge on any atom is -0.346 e. The van der Waals surface area contributed by atoms with Gasteiger partial charge in [0, 0.05) is 28.5 Å². The van der Waals surface area contributed by atoms with Gasteiger partial charge in [0.1, 0.15) is 5.69 Å². The zero-order valence-electron chi connectivity index (χ0n) is 16.9. The second-order valence-electron chi connectivity index (χ2n) is 7.96. The van der Waals surface area contributed by atoms with Crippen molar-refractivity contribution in [1.29, 1.82) is 0 Å². The van der Waals surface area contributed by atoms with Gasteiger partial charge < -0.3 is 9.84 Å². The Morgan fingerprint density at radius 2 is 2.03 bits per heavy atom. The highest BCUT2D eigenvalue weighted by molar-refractivity contribution is 7.09. The summed E-state index contributed by atoms with van der Waals surface area (Å²) in [5.74, 6) is 0.618. The van der Waals surface area contributed by atoms with Gasteiger partial charge in [0.15, 0.2) is 0 Å². The van der Waals surface area contributed by atoms with Crippen LogP contribution in [0.15, 0.2) is 46.3 Å². The summed E-state index contributed by atoms with van der Waals surface area (Å²) in [6, 6.07) is 11.6. The molecule has 0 atom stereocenters. The van der Waals surface area contributed by atoms with Crippen molar-refractivity contribution >= 4 is 28.3 Å². The van der Waals surface area contributed by atoms with Crippen molar-refractivity contribution in [3.05, 3.63) is 63.7 Å². The lowest BCUT2D eigenvalue weighted by molar-refractivity contribution is 0.0952. The third-order valence-corrected chi connectivity index (χ3v) is 6.44. The standard InChI is InChI=1S/C23H22N4O2S/c1-13(2)23-25-16(12-30-23)11-24-21(28)17-10-18(14-8-9-14)26-22-19(17)20(27-29-22)15-6-4-3-5-7-15/h3-7,10,12-14H,8-9,11H2,1-2H3,(H,24,28). The summed E-state index contributed by atoms with van der Waals surface area (Å²) in [6.07, 6.45) is 2.19. The average Bonchev–Trinajstić information content (AvgIpc) is 3.34. The molecule has 3 heterocycles. The van der Waals surface area contributed by atoms with Crippen LogP contribution in [-0.2, 0) is 6.54 Å². The number of hydrogen-bond acceptors (Lipinski definition) is 6. The van der Waals surface area contributed by atoms with Crippen LogP contribution in [0.1, 0.15) is 65.3 Å². The molecule has 5 rings (SSSR count). The van der Waals surface area contributed by atoms with Crippen LogP contribution in [0.5, 0.6) is 0 Å². The number of thiazole rings is 1. The van der Waals surface area contributed by atoms with E-state index in [9.17, 15) is 4.79 Å². The van der Waals surface area contributed by atoms with Gasteiger partial charge in [-0.1, -0.05) is 49.3 Å². The molecule has 152 valence electrons. The number of pyridine rings is 1. The second kappa shape index (κ2) is 7.65. The van der Waals surface area contributed by atoms with Crippen molar-refractivity contribution in [3.63, 3.8) is 0 Å². The first-order valence-electron chi connectivity index (χ1n) is 10.2. The van der Waals surface area contributed by atoms with Gasteiger partial charge in [-0.2, -0.15) is 0 Å². The van der Waals surface area contributed by atoms with Gasteiger partial charge in [-0.15, -0.1) is 11.3 Å². The molecule has 6 nitrogen and oxygen atoms in total. The molecule has 0 aliphatic heterocycles. The molecule has 1 aliphatic rings. The topological polar surface area (TPSA) is 80.9 Å². The van der Waals surface area contributed by atoms with Crippen LogP contribution in [0, 0.1) is 0 Å². The fraction of sp³-hybridized carbons (Fsp3) is 0.304. The summed E-state index contributed by atoms with van der Waals surface area (Å²) in [7, 11) is 0. The van der Waals surface area contributed by atoms with Crippen molar-refractivity contribution in [2.75, 3.05) is 0 Å². The number of nitrogens with one attached hydrogen (secondary N) is 1. The highest BCUT2D eigenvalue weighted by Gasteiger charge is 2.29. The Bertz CT molecular complexity index is 1210. The van der Waals surface area contributed by atoms with Gasteiger partial charge in [-0.25, -0.2) is 9.97 Å². The van der Waals surface area contributed by atoms with E-state index < -0.39 is 0 Å². The third kappa shape index (κ3) is 3.61. The molecule has 1 fully saturated rings. The van der Waals surface area contributed by atoms with E-state index in [1.54, 1.807) is 11.3 Å². The number of benzene rings is 1. The van der Waals surface area contributed by atoms with Gasteiger partial charge in [-0.3, -0.25) is 4.79 Å². The first-order chi connectivity index (χ1) is 14.6. The third-order valence-electron chi connectivity index (χ3n) is 5.25. The molecule has 1 saturated carbocycles. The average molecular weight is 419 g/mol. The zero-order chi connectivity index (χ0) is 20.7. The lowest BCUT2D eigenvalue weighted by Crippen LogP contribution is -2.23. The Kier molecular flexibility index (Phi) is 4.83. The normalized spacial score (nSPS) is 13.8. The smallest absolute Gasteiger partial charge is 0.259 e. The highest BCUT2D eigenvalue weighted by atomic mass is 32.1. The maximum atomic E-state index is 13.2. The zero-order valence-corrected chi connectivity index (χ0v) is 17.7. The number of aromatic nitrogens is 3. The molecule has 0 unspecified atom stereocenters. The van der Waals surface area contributed by atoms with Crippen LogP contribution in [-0.4, -0.2) is 21.0 Å². The molecule has 0 saturated heterocycles. The maximum absolute atomic E-state index is 13.2. The van der Waals surface area contributed by atoms with Crippen LogP contribution in [0.4, 0.5) is 0 Å². The molecule has 4 aromatic rings. The summed E-state index contributed by atoms with van der Waals surface area (Å²) in [4.78, 5) is 22.5. The van der Waals surface area contributed by atoms with E-state index in [1.807, 2.05) is 41.8 Å². The Morgan fingerprint density at radius 1 is 1.23 bits per heavy atom. The van der Waals surface area contributed by atoms with E-state index in [0.717, 1.165) is 34.8 Å². The Labute approximate surface area is 178 Å². The number of carbonyl (C=O) groups is 1. The Morgan fingerprint density at radius 3 is 2.73 bits per heavy atom. The first-order valence-corrected chi connectivity index (χ1v) is 11.1. The maximum Gasteiger partial charge on any atom is 0.259 e. The summed E-state index contributed by atoms with van der Waals surface area (Å²) >= 11 is 1.63. The molecule has 0 bridgehead atoms. The molecular weight excluding hydrogens is 396 g/mol. The van der Waals surface area contributed by atoms with Gasteiger partial charge in [0.05, 0.1) is 28.2 Å². The summed E-state index contributed by atoms with van der Waals surface area (Å²) in [5.41, 5.74) is 4.28. The van der Waals surface area contributed by atoms with E-state index >= 15 is 0 Å². The van der Waals surface area contributed by atoms with E-state index in [0.29, 0.717) is 40.7 Å². The van der Waals surface area contributed by atoms with E-state index in [4.69, 9.17) is 4.52 Å². The largest absolute Gasteiger partial charge is 0.346 e. The number of amides is 1. The van der Waals surface area contributed by atoms with Gasteiger partial charge in [0.2, 0.25) is 0 Å². The van der Waals surface area contributed by atoms with Crippen LogP contribution < -0.4 is 5.32 Å². The summed E-state index contributed by atoms with van der Waals surface area (Å²) in [5, 5.41) is 11.0. The van der Waals surface area contributed by atoms with Gasteiger partial charge in [0.25, 0.3) is 11.6 Å². The molecule has 30 heavy (non-hydrogen) atoms. The quantitative estimate of drug-likeness (QED) is 0.461. The molecule has 0 radical (unpaired) electrons. The SMILES string of the molecule is CC(C)c1nc(CNC(=O)c2cc(C3CC3)nc3onc(-c4ccccc4)c23)cs1. The van der Waals surface area contributed by atoms with Crippen LogP contribution in [0.2, 0.25) is 0 Å². The number of nitrogens with zero attached hydrogens (tertiary/aromatic N) is 3. The van der Waals surface area contributed by atoms with Gasteiger partial charge in [-0.05, 0) is 18.9 Å². The van der Waals surface area contributed by atoms with E-state index in [2.05, 4.69) is 34.3 Å². The number of carbonyl (C=O) groups excluding carboxylic acids is 1. The molecule has 1 amide bonds. The van der Waals surface area contributed by atoms with Crippen molar-refractivity contribution in [3.8, 4) is 11.3 Å². The molecule has 3 aromatic heterocycles. The van der Waals surface area contributed by atoms with Gasteiger partial charge >= 0.3 is 0 Å². The van der Waals surface area contributed by atoms with E-state index in [1.165, 1.54) is 0 Å². The molecule has 7 heteroatoms. The Hall–Kier alpha value is -3.06. The molecule has 0 spiro atoms. The fourth-order valence-electron chi connectivity index (χ4n) is 3.47. The lowest BCUT2D eigenvalue weighted by atomic mass is 10.0. The first kappa shape index (κ1) is 18.9. The van der Waals surface area contributed by atoms with Crippen LogP contribution in [0.3, 0.4) is 0 Å². The highest BCUT2D eigenvalue weighted by Crippen LogP contribution is 2.41. The lowest BCUT2D eigenvalue weighted by Gasteiger charge is -2.08. The second-order valence-corrected chi connectivity index (χ2v) is 8.85. The van der Waals surface area contributed by atoms with Crippen molar-refractivity contribution in [1.82, 2.24) is 20.4 Å². The number of rotatable bonds is 6. The molecule has 1 aromatic carbocycles.